The number of halogens is 1. The van der Waals surface area contributed by atoms with E-state index in [2.05, 4.69) is 22.1 Å². The maximum atomic E-state index is 11.5. The minimum absolute atomic E-state index is 0.0593. The molecule has 2 aromatic rings. The van der Waals surface area contributed by atoms with Crippen molar-refractivity contribution in [2.24, 2.45) is 7.05 Å². The molecular formula is C14H15ClN4OS. The van der Waals surface area contributed by atoms with Crippen LogP contribution in [0.1, 0.15) is 0 Å². The fourth-order valence-corrected chi connectivity index (χ4v) is 2.52. The first kappa shape index (κ1) is 15.6. The number of benzene rings is 1. The molecule has 0 saturated heterocycles. The van der Waals surface area contributed by atoms with E-state index < -0.39 is 0 Å². The fraction of sp³-hybridized carbons (Fsp3) is 0.214. The van der Waals surface area contributed by atoms with E-state index in [1.54, 1.807) is 18.2 Å². The van der Waals surface area contributed by atoms with Crippen molar-refractivity contribution in [1.29, 1.82) is 0 Å². The topological polar surface area (TPSA) is 59.8 Å². The lowest BCUT2D eigenvalue weighted by Crippen LogP contribution is -2.25. The molecule has 110 valence electrons. The van der Waals surface area contributed by atoms with Gasteiger partial charge in [-0.1, -0.05) is 29.4 Å². The highest BCUT2D eigenvalue weighted by molar-refractivity contribution is 7.99. The molecule has 0 fully saturated rings. The Labute approximate surface area is 132 Å². The second-order valence-electron chi connectivity index (χ2n) is 4.25. The molecule has 7 heteroatoms. The molecule has 21 heavy (non-hydrogen) atoms. The van der Waals surface area contributed by atoms with Crippen molar-refractivity contribution >= 4 is 29.3 Å². The summed E-state index contributed by atoms with van der Waals surface area (Å²) in [6.07, 6.45) is 1.64. The summed E-state index contributed by atoms with van der Waals surface area (Å²) < 4.78 is 1.86. The molecule has 0 spiro atoms. The third kappa shape index (κ3) is 4.09. The fourth-order valence-electron chi connectivity index (χ4n) is 1.66. The largest absolute Gasteiger partial charge is 0.352 e. The van der Waals surface area contributed by atoms with Crippen LogP contribution in [0.2, 0.25) is 5.02 Å². The summed E-state index contributed by atoms with van der Waals surface area (Å²) >= 11 is 7.21. The van der Waals surface area contributed by atoms with Crippen LogP contribution in [0.3, 0.4) is 0 Å². The maximum Gasteiger partial charge on any atom is 0.230 e. The highest BCUT2D eigenvalue weighted by Crippen LogP contribution is 2.23. The number of hydrogen-bond acceptors (Lipinski definition) is 4. The first-order valence-electron chi connectivity index (χ1n) is 6.27. The maximum absolute atomic E-state index is 11.5. The summed E-state index contributed by atoms with van der Waals surface area (Å²) in [6.45, 7) is 4.02. The molecule has 0 unspecified atom stereocenters. The van der Waals surface area contributed by atoms with E-state index in [1.165, 1.54) is 11.8 Å². The minimum Gasteiger partial charge on any atom is -0.352 e. The zero-order valence-corrected chi connectivity index (χ0v) is 13.1. The molecule has 2 rings (SSSR count). The van der Waals surface area contributed by atoms with Gasteiger partial charge >= 0.3 is 0 Å². The summed E-state index contributed by atoms with van der Waals surface area (Å²) in [7, 11) is 1.87. The number of aromatic nitrogens is 3. The van der Waals surface area contributed by atoms with Gasteiger partial charge in [-0.15, -0.1) is 16.8 Å². The van der Waals surface area contributed by atoms with Gasteiger partial charge in [-0.2, -0.15) is 0 Å². The normalized spacial score (nSPS) is 10.4. The monoisotopic (exact) mass is 322 g/mol. The Balaban J connectivity index is 2.05. The van der Waals surface area contributed by atoms with Crippen LogP contribution in [0.5, 0.6) is 0 Å². The van der Waals surface area contributed by atoms with Gasteiger partial charge in [0.25, 0.3) is 0 Å². The van der Waals surface area contributed by atoms with Crippen LogP contribution >= 0.6 is 23.4 Å². The van der Waals surface area contributed by atoms with E-state index in [0.717, 1.165) is 11.4 Å². The SMILES string of the molecule is C=CCNC(=O)CSc1nnc(-c2ccc(Cl)cc2)n1C. The molecule has 1 aromatic heterocycles. The molecule has 0 radical (unpaired) electrons. The number of amides is 1. The van der Waals surface area contributed by atoms with Gasteiger partial charge in [-0.25, -0.2) is 0 Å². The average molecular weight is 323 g/mol. The van der Waals surface area contributed by atoms with Crippen LogP contribution in [-0.2, 0) is 11.8 Å². The van der Waals surface area contributed by atoms with E-state index in [9.17, 15) is 4.79 Å². The van der Waals surface area contributed by atoms with Crippen molar-refractivity contribution in [2.45, 2.75) is 5.16 Å². The third-order valence-corrected chi connectivity index (χ3v) is 3.99. The molecule has 1 aromatic carbocycles. The lowest BCUT2D eigenvalue weighted by atomic mass is 10.2. The highest BCUT2D eigenvalue weighted by Gasteiger charge is 2.12. The number of rotatable bonds is 6. The average Bonchev–Trinajstić information content (AvgIpc) is 2.85. The predicted molar refractivity (Wildman–Crippen MR) is 85.4 cm³/mol. The number of carbonyl (C=O) groups is 1. The molecule has 0 atom stereocenters. The van der Waals surface area contributed by atoms with E-state index in [-0.39, 0.29) is 5.91 Å². The van der Waals surface area contributed by atoms with Crippen molar-refractivity contribution in [1.82, 2.24) is 20.1 Å². The molecule has 1 heterocycles. The molecule has 0 aliphatic heterocycles. The number of thioether (sulfide) groups is 1. The van der Waals surface area contributed by atoms with Crippen molar-refractivity contribution in [3.8, 4) is 11.4 Å². The standard InChI is InChI=1S/C14H15ClN4OS/c1-3-8-16-12(20)9-21-14-18-17-13(19(14)2)10-4-6-11(15)7-5-10/h3-7H,1,8-9H2,2H3,(H,16,20). The third-order valence-electron chi connectivity index (χ3n) is 2.71. The Morgan fingerprint density at radius 3 is 2.81 bits per heavy atom. The number of carbonyl (C=O) groups excluding carboxylic acids is 1. The Bertz CT molecular complexity index is 639. The smallest absolute Gasteiger partial charge is 0.230 e. The van der Waals surface area contributed by atoms with Gasteiger partial charge < -0.3 is 9.88 Å². The van der Waals surface area contributed by atoms with Crippen LogP contribution in [0, 0.1) is 0 Å². The van der Waals surface area contributed by atoms with Crippen molar-refractivity contribution in [3.05, 3.63) is 41.9 Å². The predicted octanol–water partition coefficient (Wildman–Crippen LogP) is 2.53. The Morgan fingerprint density at radius 1 is 1.43 bits per heavy atom. The summed E-state index contributed by atoms with van der Waals surface area (Å²) in [5.41, 5.74) is 0.928. The van der Waals surface area contributed by atoms with Crippen LogP contribution in [0.15, 0.2) is 42.1 Å². The lowest BCUT2D eigenvalue weighted by Gasteiger charge is -2.04. The minimum atomic E-state index is -0.0593. The summed E-state index contributed by atoms with van der Waals surface area (Å²) in [6, 6.07) is 7.39. The molecule has 0 aliphatic carbocycles. The van der Waals surface area contributed by atoms with E-state index >= 15 is 0 Å². The number of nitrogens with one attached hydrogen (secondary N) is 1. The summed E-state index contributed by atoms with van der Waals surface area (Å²) in [5, 5.41) is 12.3. The first-order chi connectivity index (χ1) is 10.1. The van der Waals surface area contributed by atoms with Gasteiger partial charge in [-0.3, -0.25) is 4.79 Å². The Kier molecular flexibility index (Phi) is 5.41. The Morgan fingerprint density at radius 2 is 2.14 bits per heavy atom. The van der Waals surface area contributed by atoms with Crippen LogP contribution in [0.25, 0.3) is 11.4 Å². The summed E-state index contributed by atoms with van der Waals surface area (Å²) in [4.78, 5) is 11.5. The number of hydrogen-bond donors (Lipinski definition) is 1. The van der Waals surface area contributed by atoms with Crippen LogP contribution < -0.4 is 5.32 Å². The van der Waals surface area contributed by atoms with E-state index in [1.807, 2.05) is 23.7 Å². The van der Waals surface area contributed by atoms with Crippen LogP contribution in [0.4, 0.5) is 0 Å². The van der Waals surface area contributed by atoms with Gasteiger partial charge in [0.1, 0.15) is 0 Å². The van der Waals surface area contributed by atoms with Crippen LogP contribution in [-0.4, -0.2) is 33.0 Å². The second-order valence-corrected chi connectivity index (χ2v) is 5.63. The zero-order chi connectivity index (χ0) is 15.2. The van der Waals surface area contributed by atoms with Crippen molar-refractivity contribution in [2.75, 3.05) is 12.3 Å². The van der Waals surface area contributed by atoms with Crippen molar-refractivity contribution in [3.63, 3.8) is 0 Å². The van der Waals surface area contributed by atoms with E-state index in [4.69, 9.17) is 11.6 Å². The first-order valence-corrected chi connectivity index (χ1v) is 7.64. The lowest BCUT2D eigenvalue weighted by molar-refractivity contribution is -0.118. The highest BCUT2D eigenvalue weighted by atomic mass is 35.5. The van der Waals surface area contributed by atoms with Gasteiger partial charge in [0.15, 0.2) is 11.0 Å². The quantitative estimate of drug-likeness (QED) is 0.656. The molecule has 1 N–H and O–H groups in total. The van der Waals surface area contributed by atoms with Crippen molar-refractivity contribution < 1.29 is 4.79 Å². The van der Waals surface area contributed by atoms with Gasteiger partial charge in [-0.05, 0) is 24.3 Å². The molecule has 0 saturated carbocycles. The Hall–Kier alpha value is -1.79. The molecule has 0 bridgehead atoms. The number of nitrogens with zero attached hydrogens (tertiary/aromatic N) is 3. The second kappa shape index (κ2) is 7.28. The molecular weight excluding hydrogens is 308 g/mol. The molecule has 1 amide bonds. The molecule has 0 aliphatic rings. The summed E-state index contributed by atoms with van der Waals surface area (Å²) in [5.74, 6) is 0.970. The zero-order valence-electron chi connectivity index (χ0n) is 11.5. The van der Waals surface area contributed by atoms with Gasteiger partial charge in [0, 0.05) is 24.2 Å². The molecule has 5 nitrogen and oxygen atoms in total. The van der Waals surface area contributed by atoms with E-state index in [0.29, 0.717) is 22.5 Å². The van der Waals surface area contributed by atoms with Gasteiger partial charge in [0.2, 0.25) is 5.91 Å². The van der Waals surface area contributed by atoms with Gasteiger partial charge in [0.05, 0.1) is 5.75 Å².